The molecule has 1 spiro atoms. The van der Waals surface area contributed by atoms with Gasteiger partial charge in [0.25, 0.3) is 11.5 Å². The van der Waals surface area contributed by atoms with Gasteiger partial charge in [0.15, 0.2) is 0 Å². The van der Waals surface area contributed by atoms with E-state index in [0.717, 1.165) is 18.4 Å². The van der Waals surface area contributed by atoms with Crippen molar-refractivity contribution in [2.45, 2.75) is 65.0 Å². The molecule has 0 saturated heterocycles. The Morgan fingerprint density at radius 1 is 1.27 bits per heavy atom. The highest BCUT2D eigenvalue weighted by Gasteiger charge is 2.48. The summed E-state index contributed by atoms with van der Waals surface area (Å²) >= 11 is 0. The quantitative estimate of drug-likeness (QED) is 0.709. The summed E-state index contributed by atoms with van der Waals surface area (Å²) in [6, 6.07) is 5.96. The molecule has 0 unspecified atom stereocenters. The molecule has 1 aromatic heterocycles. The van der Waals surface area contributed by atoms with E-state index in [1.165, 1.54) is 36.0 Å². The third-order valence-electron chi connectivity index (χ3n) is 6.96. The summed E-state index contributed by atoms with van der Waals surface area (Å²) in [7, 11) is 0. The Balaban J connectivity index is 1.80. The molecule has 0 aliphatic heterocycles. The summed E-state index contributed by atoms with van der Waals surface area (Å²) in [5.74, 6) is -1.20. The maximum absolute atomic E-state index is 13.5. The van der Waals surface area contributed by atoms with Crippen LogP contribution in [0.2, 0.25) is 0 Å². The molecular formula is C27H31FN2O3. The number of aromatic nitrogens is 1. The molecule has 2 N–H and O–H groups in total. The molecule has 33 heavy (non-hydrogen) atoms. The van der Waals surface area contributed by atoms with E-state index in [-0.39, 0.29) is 29.7 Å². The minimum atomic E-state index is -0.552. The molecule has 0 atom stereocenters. The smallest absolute Gasteiger partial charge is 0.268 e. The van der Waals surface area contributed by atoms with Gasteiger partial charge in [0.2, 0.25) is 0 Å². The van der Waals surface area contributed by atoms with Gasteiger partial charge in [0.1, 0.15) is 17.1 Å². The zero-order valence-electron chi connectivity index (χ0n) is 19.2. The Morgan fingerprint density at radius 3 is 2.55 bits per heavy atom. The molecule has 2 aromatic rings. The lowest BCUT2D eigenvalue weighted by Gasteiger charge is -2.54. The first-order chi connectivity index (χ1) is 15.9. The maximum atomic E-state index is 13.5. The first-order valence-electron chi connectivity index (χ1n) is 11.7. The zero-order chi connectivity index (χ0) is 23.6. The minimum Gasteiger partial charge on any atom is -0.506 e. The van der Waals surface area contributed by atoms with Gasteiger partial charge < -0.3 is 15.0 Å². The molecular weight excluding hydrogens is 419 g/mol. The Bertz CT molecular complexity index is 1250. The number of amides is 1. The van der Waals surface area contributed by atoms with Gasteiger partial charge >= 0.3 is 0 Å². The number of nitrogens with one attached hydrogen (secondary N) is 1. The largest absolute Gasteiger partial charge is 0.506 e. The Hall–Kier alpha value is -3.15. The monoisotopic (exact) mass is 450 g/mol. The summed E-state index contributed by atoms with van der Waals surface area (Å²) in [4.78, 5) is 26.7. The number of pyridine rings is 1. The fourth-order valence-corrected chi connectivity index (χ4v) is 5.08. The summed E-state index contributed by atoms with van der Waals surface area (Å²) < 4.78 is 14.9. The van der Waals surface area contributed by atoms with Crippen LogP contribution in [0.15, 0.2) is 41.2 Å². The van der Waals surface area contributed by atoms with Crippen molar-refractivity contribution >= 4 is 18.1 Å². The predicted octanol–water partition coefficient (Wildman–Crippen LogP) is 3.35. The van der Waals surface area contributed by atoms with Gasteiger partial charge in [-0.2, -0.15) is 0 Å². The lowest BCUT2D eigenvalue weighted by atomic mass is 9.54. The molecule has 1 aromatic carbocycles. The minimum absolute atomic E-state index is 0.0343. The number of carbonyl (C=O) groups is 1. The molecule has 2 fully saturated rings. The summed E-state index contributed by atoms with van der Waals surface area (Å²) in [6.07, 6.45) is 13.3. The van der Waals surface area contributed by atoms with E-state index in [4.69, 9.17) is 0 Å². The van der Waals surface area contributed by atoms with Crippen molar-refractivity contribution in [1.29, 1.82) is 0 Å². The van der Waals surface area contributed by atoms with Crippen molar-refractivity contribution in [2.75, 3.05) is 0 Å². The highest BCUT2D eigenvalue weighted by Crippen LogP contribution is 2.55. The first kappa shape index (κ1) is 23.0. The summed E-state index contributed by atoms with van der Waals surface area (Å²) in [6.45, 7) is 3.96. The third kappa shape index (κ3) is 4.52. The van der Waals surface area contributed by atoms with Crippen LogP contribution >= 0.6 is 0 Å². The van der Waals surface area contributed by atoms with Crippen molar-refractivity contribution in [3.63, 3.8) is 0 Å². The SMILES string of the molecule is C\C=C/C=c1/c(O)c(C(=O)NC2CC3(CCC3)C2)c(=O)n(Cc2ccc(F)cc2)/c1=C\CC. The van der Waals surface area contributed by atoms with E-state index in [9.17, 15) is 19.1 Å². The van der Waals surface area contributed by atoms with E-state index < -0.39 is 11.5 Å². The lowest BCUT2D eigenvalue weighted by Crippen LogP contribution is -2.55. The van der Waals surface area contributed by atoms with Gasteiger partial charge in [0, 0.05) is 11.3 Å². The molecule has 0 radical (unpaired) electrons. The predicted molar refractivity (Wildman–Crippen MR) is 128 cm³/mol. The number of aromatic hydroxyl groups is 1. The average molecular weight is 451 g/mol. The second-order valence-corrected chi connectivity index (χ2v) is 9.28. The van der Waals surface area contributed by atoms with Crippen molar-refractivity contribution < 1.29 is 14.3 Å². The second kappa shape index (κ2) is 9.38. The molecule has 4 rings (SSSR count). The number of carbonyl (C=O) groups excluding carboxylic acids is 1. The molecule has 2 saturated carbocycles. The number of allylic oxidation sites excluding steroid dienone is 2. The normalized spacial score (nSPS) is 18.5. The van der Waals surface area contributed by atoms with E-state index in [0.29, 0.717) is 22.4 Å². The molecule has 0 bridgehead atoms. The van der Waals surface area contributed by atoms with Crippen LogP contribution in [0.3, 0.4) is 0 Å². The van der Waals surface area contributed by atoms with Gasteiger partial charge in [-0.25, -0.2) is 4.39 Å². The topological polar surface area (TPSA) is 71.3 Å². The van der Waals surface area contributed by atoms with E-state index >= 15 is 0 Å². The Kier molecular flexibility index (Phi) is 6.54. The van der Waals surface area contributed by atoms with Crippen LogP contribution in [-0.2, 0) is 6.54 Å². The maximum Gasteiger partial charge on any atom is 0.268 e. The van der Waals surface area contributed by atoms with Crippen molar-refractivity contribution in [3.8, 4) is 5.75 Å². The molecule has 6 heteroatoms. The standard InChI is InChI=1S/C27H31FN2O3/c1-3-5-8-21-22(7-4-2)30(17-18-9-11-19(28)12-10-18)26(33)23(24(21)31)25(32)29-20-15-27(16-20)13-6-14-27/h3,5,7-12,20,31H,4,6,13-17H2,1-2H3,(H,29,32)/b5-3-,21-8+,22-7-. The number of nitrogens with zero attached hydrogens (tertiary/aromatic N) is 1. The van der Waals surface area contributed by atoms with Crippen LogP contribution < -0.4 is 21.4 Å². The van der Waals surface area contributed by atoms with Crippen molar-refractivity contribution in [3.05, 3.63) is 74.3 Å². The molecule has 1 heterocycles. The van der Waals surface area contributed by atoms with E-state index in [1.807, 2.05) is 26.0 Å². The number of benzene rings is 1. The first-order valence-corrected chi connectivity index (χ1v) is 11.7. The molecule has 2 aliphatic carbocycles. The van der Waals surface area contributed by atoms with Crippen molar-refractivity contribution in [2.24, 2.45) is 5.41 Å². The second-order valence-electron chi connectivity index (χ2n) is 9.28. The van der Waals surface area contributed by atoms with Gasteiger partial charge in [-0.05, 0) is 68.2 Å². The number of rotatable bonds is 6. The summed E-state index contributed by atoms with van der Waals surface area (Å²) in [5, 5.41) is 15.0. The molecule has 2 aliphatic rings. The number of halogens is 1. The fourth-order valence-electron chi connectivity index (χ4n) is 5.08. The van der Waals surface area contributed by atoms with E-state index in [2.05, 4.69) is 5.32 Å². The summed E-state index contributed by atoms with van der Waals surface area (Å²) in [5.41, 5.74) is 0.317. The Labute approximate surface area is 193 Å². The van der Waals surface area contributed by atoms with Crippen LogP contribution in [-0.4, -0.2) is 21.6 Å². The van der Waals surface area contributed by atoms with Crippen LogP contribution in [0.4, 0.5) is 4.39 Å². The highest BCUT2D eigenvalue weighted by atomic mass is 19.1. The highest BCUT2D eigenvalue weighted by molar-refractivity contribution is 5.96. The van der Waals surface area contributed by atoms with E-state index in [1.54, 1.807) is 24.3 Å². The van der Waals surface area contributed by atoms with Crippen molar-refractivity contribution in [1.82, 2.24) is 9.88 Å². The van der Waals surface area contributed by atoms with Gasteiger partial charge in [-0.1, -0.05) is 43.7 Å². The number of hydrogen-bond donors (Lipinski definition) is 2. The van der Waals surface area contributed by atoms with Crippen LogP contribution in [0.1, 0.15) is 68.3 Å². The third-order valence-corrected chi connectivity index (χ3v) is 6.96. The number of hydrogen-bond acceptors (Lipinski definition) is 3. The Morgan fingerprint density at radius 2 is 1.97 bits per heavy atom. The van der Waals surface area contributed by atoms with Crippen LogP contribution in [0, 0.1) is 11.2 Å². The molecule has 5 nitrogen and oxygen atoms in total. The lowest BCUT2D eigenvalue weighted by molar-refractivity contribution is -0.000685. The van der Waals surface area contributed by atoms with Gasteiger partial charge in [0.05, 0.1) is 11.9 Å². The molecule has 1 amide bonds. The van der Waals surface area contributed by atoms with Gasteiger partial charge in [-0.3, -0.25) is 9.59 Å². The van der Waals surface area contributed by atoms with Gasteiger partial charge in [-0.15, -0.1) is 0 Å². The van der Waals surface area contributed by atoms with Crippen LogP contribution in [0.25, 0.3) is 12.2 Å². The molecule has 174 valence electrons. The fraction of sp³-hybridized carbons (Fsp3) is 0.407. The zero-order valence-corrected chi connectivity index (χ0v) is 19.2. The van der Waals surface area contributed by atoms with Crippen LogP contribution in [0.5, 0.6) is 5.75 Å². The average Bonchev–Trinajstić information content (AvgIpc) is 2.73.